The molecule has 0 rings (SSSR count). The Hall–Kier alpha value is 1.09. The fourth-order valence-electron chi connectivity index (χ4n) is 1.57. The summed E-state index contributed by atoms with van der Waals surface area (Å²) in [6.45, 7) is 2.20. The molecule has 0 N–H and O–H groups in total. The summed E-state index contributed by atoms with van der Waals surface area (Å²) in [5.41, 5.74) is 0. The predicted octanol–water partition coefficient (Wildman–Crippen LogP) is 0.512. The van der Waals surface area contributed by atoms with E-state index in [-0.39, 0.29) is 51.4 Å². The topological polar surface area (TPSA) is 66.4 Å². The molecule has 0 aliphatic carbocycles. The van der Waals surface area contributed by atoms with Crippen molar-refractivity contribution in [2.45, 2.75) is 64.7 Å². The summed E-state index contributed by atoms with van der Waals surface area (Å²) in [5.74, 6) is 0. The van der Waals surface area contributed by atoms with E-state index in [4.69, 9.17) is 0 Å². The van der Waals surface area contributed by atoms with Crippen LogP contribution >= 0.6 is 0 Å². The first kappa shape index (κ1) is 21.4. The van der Waals surface area contributed by atoms with Crippen LogP contribution < -0.4 is 51.4 Å². The molecule has 0 aromatic carbocycles. The Morgan fingerprint density at radius 1 is 1.00 bits per heavy atom. The quantitative estimate of drug-likeness (QED) is 0.183. The Labute approximate surface area is 154 Å². The van der Waals surface area contributed by atoms with Gasteiger partial charge in [-0.25, -0.2) is 8.42 Å². The summed E-state index contributed by atoms with van der Waals surface area (Å²) in [5, 5.41) is 0. The van der Waals surface area contributed by atoms with Crippen molar-refractivity contribution >= 4 is 10.4 Å². The van der Waals surface area contributed by atoms with Gasteiger partial charge in [0.2, 0.25) is 0 Å². The minimum Gasteiger partial charge on any atom is -0.716 e. The van der Waals surface area contributed by atoms with Gasteiger partial charge in [0.15, 0.2) is 0 Å². The van der Waals surface area contributed by atoms with E-state index < -0.39 is 10.4 Å². The molecule has 0 saturated heterocycles. The standard InChI is InChI=1S/C12H24O4S.K/c1-2-3-4-5-6-7-8-9-10-11-12-16-17(13,14)15;/h11-12H,2-10H2,1H3,(H,13,14,15);/q;+1/p-1/b12-11+;. The van der Waals surface area contributed by atoms with Crippen LogP contribution in [0.5, 0.6) is 0 Å². The van der Waals surface area contributed by atoms with Crippen LogP contribution in [0.4, 0.5) is 0 Å². The number of rotatable bonds is 11. The molecule has 18 heavy (non-hydrogen) atoms. The van der Waals surface area contributed by atoms with E-state index in [0.29, 0.717) is 0 Å². The average Bonchev–Trinajstić information content (AvgIpc) is 2.24. The molecule has 0 aliphatic heterocycles. The number of allylic oxidation sites excluding steroid dienone is 1. The minimum atomic E-state index is -4.57. The molecule has 102 valence electrons. The van der Waals surface area contributed by atoms with Gasteiger partial charge in [-0.1, -0.05) is 51.9 Å². The molecule has 0 amide bonds. The Morgan fingerprint density at radius 3 is 2.00 bits per heavy atom. The smallest absolute Gasteiger partial charge is 0.716 e. The Balaban J connectivity index is 0. The summed E-state index contributed by atoms with van der Waals surface area (Å²) in [7, 11) is -4.57. The van der Waals surface area contributed by atoms with E-state index in [1.165, 1.54) is 38.5 Å². The molecule has 0 spiro atoms. The third-order valence-corrected chi connectivity index (χ3v) is 2.84. The van der Waals surface area contributed by atoms with Gasteiger partial charge in [0.25, 0.3) is 10.4 Å². The van der Waals surface area contributed by atoms with Gasteiger partial charge >= 0.3 is 51.4 Å². The molecule has 0 fully saturated rings. The monoisotopic (exact) mass is 302 g/mol. The molecule has 0 heterocycles. The summed E-state index contributed by atoms with van der Waals surface area (Å²) in [6.07, 6.45) is 13.2. The summed E-state index contributed by atoms with van der Waals surface area (Å²) >= 11 is 0. The van der Waals surface area contributed by atoms with Gasteiger partial charge in [-0.3, -0.25) is 0 Å². The van der Waals surface area contributed by atoms with Gasteiger partial charge in [-0.2, -0.15) is 0 Å². The molecule has 0 bridgehead atoms. The van der Waals surface area contributed by atoms with Crippen molar-refractivity contribution in [2.24, 2.45) is 0 Å². The third kappa shape index (κ3) is 19.4. The Morgan fingerprint density at radius 2 is 1.50 bits per heavy atom. The molecular formula is C12H23KO4S. The van der Waals surface area contributed by atoms with Gasteiger partial charge < -0.3 is 8.74 Å². The molecule has 0 aromatic rings. The summed E-state index contributed by atoms with van der Waals surface area (Å²) in [6, 6.07) is 0. The second-order valence-electron chi connectivity index (χ2n) is 4.14. The zero-order chi connectivity index (χ0) is 13.0. The second-order valence-corrected chi connectivity index (χ2v) is 5.15. The van der Waals surface area contributed by atoms with Gasteiger partial charge in [-0.15, -0.1) is 0 Å². The molecular weight excluding hydrogens is 279 g/mol. The van der Waals surface area contributed by atoms with Crippen LogP contribution in [0.2, 0.25) is 0 Å². The first-order valence-corrected chi connectivity index (χ1v) is 7.68. The van der Waals surface area contributed by atoms with Gasteiger partial charge in [0.1, 0.15) is 6.26 Å². The Kier molecular flexibility index (Phi) is 17.2. The van der Waals surface area contributed by atoms with Crippen LogP contribution in [-0.4, -0.2) is 13.0 Å². The van der Waals surface area contributed by atoms with Crippen LogP contribution in [0.3, 0.4) is 0 Å². The maximum absolute atomic E-state index is 10.1. The van der Waals surface area contributed by atoms with Crippen LogP contribution in [0, 0.1) is 0 Å². The summed E-state index contributed by atoms with van der Waals surface area (Å²) in [4.78, 5) is 0. The van der Waals surface area contributed by atoms with E-state index in [2.05, 4.69) is 11.1 Å². The van der Waals surface area contributed by atoms with Crippen molar-refractivity contribution in [3.63, 3.8) is 0 Å². The molecule has 0 aliphatic rings. The molecule has 0 unspecified atom stereocenters. The zero-order valence-corrected chi connectivity index (χ0v) is 15.5. The summed E-state index contributed by atoms with van der Waals surface area (Å²) < 4.78 is 34.1. The SMILES string of the molecule is CCCCCCCCCC/C=C/OS(=O)(=O)[O-].[K+]. The molecule has 0 atom stereocenters. The normalized spacial score (nSPS) is 11.4. The van der Waals surface area contributed by atoms with E-state index in [1.54, 1.807) is 6.08 Å². The van der Waals surface area contributed by atoms with E-state index in [0.717, 1.165) is 25.5 Å². The maximum Gasteiger partial charge on any atom is 1.00 e. The molecule has 0 aromatic heterocycles. The van der Waals surface area contributed by atoms with E-state index in [9.17, 15) is 13.0 Å². The zero-order valence-electron chi connectivity index (χ0n) is 11.6. The number of unbranched alkanes of at least 4 members (excludes halogenated alkanes) is 8. The van der Waals surface area contributed by atoms with Crippen molar-refractivity contribution in [2.75, 3.05) is 0 Å². The van der Waals surface area contributed by atoms with Crippen molar-refractivity contribution < 1.29 is 68.5 Å². The number of hydrogen-bond acceptors (Lipinski definition) is 4. The fourth-order valence-corrected chi connectivity index (χ4v) is 1.79. The molecule has 0 saturated carbocycles. The van der Waals surface area contributed by atoms with Gasteiger partial charge in [0, 0.05) is 0 Å². The van der Waals surface area contributed by atoms with E-state index in [1.807, 2.05) is 0 Å². The van der Waals surface area contributed by atoms with Crippen molar-refractivity contribution in [3.05, 3.63) is 12.3 Å². The van der Waals surface area contributed by atoms with Crippen LogP contribution in [0.1, 0.15) is 64.7 Å². The number of hydrogen-bond donors (Lipinski definition) is 0. The fraction of sp³-hybridized carbons (Fsp3) is 0.833. The average molecular weight is 302 g/mol. The second kappa shape index (κ2) is 14.5. The maximum atomic E-state index is 10.1. The van der Waals surface area contributed by atoms with Gasteiger partial charge in [0.05, 0.1) is 0 Å². The van der Waals surface area contributed by atoms with E-state index >= 15 is 0 Å². The molecule has 6 heteroatoms. The molecule has 4 nitrogen and oxygen atoms in total. The molecule has 0 radical (unpaired) electrons. The Bertz CT molecular complexity index is 288. The first-order chi connectivity index (χ1) is 8.06. The van der Waals surface area contributed by atoms with Gasteiger partial charge in [-0.05, 0) is 18.9 Å². The van der Waals surface area contributed by atoms with Crippen molar-refractivity contribution in [1.82, 2.24) is 0 Å². The largest absolute Gasteiger partial charge is 1.00 e. The first-order valence-electron chi connectivity index (χ1n) is 6.35. The van der Waals surface area contributed by atoms with Crippen molar-refractivity contribution in [1.29, 1.82) is 0 Å². The third-order valence-electron chi connectivity index (χ3n) is 2.49. The van der Waals surface area contributed by atoms with Crippen molar-refractivity contribution in [3.8, 4) is 0 Å². The van der Waals surface area contributed by atoms with Crippen LogP contribution in [-0.2, 0) is 14.6 Å². The van der Waals surface area contributed by atoms with Crippen LogP contribution in [0.15, 0.2) is 12.3 Å². The minimum absolute atomic E-state index is 0. The van der Waals surface area contributed by atoms with Crippen LogP contribution in [0.25, 0.3) is 0 Å². The predicted molar refractivity (Wildman–Crippen MR) is 67.1 cm³/mol.